The van der Waals surface area contributed by atoms with E-state index in [2.05, 4.69) is 28.9 Å². The predicted molar refractivity (Wildman–Crippen MR) is 86.9 cm³/mol. The Labute approximate surface area is 126 Å². The van der Waals surface area contributed by atoms with Gasteiger partial charge >= 0.3 is 0 Å². The van der Waals surface area contributed by atoms with Crippen LogP contribution in [0.1, 0.15) is 20.1 Å². The molecule has 4 heteroatoms. The number of thiophene rings is 2. The molecule has 0 spiro atoms. The Bertz CT molecular complexity index is 728. The van der Waals surface area contributed by atoms with E-state index in [9.17, 15) is 4.79 Å². The monoisotopic (exact) mass is 301 g/mol. The minimum absolute atomic E-state index is 0.0419. The molecule has 20 heavy (non-hydrogen) atoms. The van der Waals surface area contributed by atoms with Crippen molar-refractivity contribution in [3.63, 3.8) is 0 Å². The average molecular weight is 301 g/mol. The Morgan fingerprint density at radius 1 is 1.20 bits per heavy atom. The third kappa shape index (κ3) is 2.62. The molecular weight excluding hydrogens is 286 g/mol. The van der Waals surface area contributed by atoms with E-state index in [1.807, 2.05) is 25.1 Å². The first-order chi connectivity index (χ1) is 9.75. The highest BCUT2D eigenvalue weighted by Gasteiger charge is 2.14. The normalized spacial score (nSPS) is 10.8. The van der Waals surface area contributed by atoms with Crippen LogP contribution < -0.4 is 5.32 Å². The largest absolute Gasteiger partial charge is 0.351 e. The fourth-order valence-corrected chi connectivity index (χ4v) is 4.06. The van der Waals surface area contributed by atoms with E-state index >= 15 is 0 Å². The molecule has 2 nitrogen and oxygen atoms in total. The molecule has 0 radical (unpaired) electrons. The second-order valence-electron chi connectivity index (χ2n) is 4.64. The van der Waals surface area contributed by atoms with Crippen LogP contribution in [0.25, 0.3) is 10.1 Å². The van der Waals surface area contributed by atoms with Gasteiger partial charge < -0.3 is 5.32 Å². The molecule has 0 aliphatic carbocycles. The lowest BCUT2D eigenvalue weighted by Gasteiger charge is -2.03. The van der Waals surface area contributed by atoms with Gasteiger partial charge in [-0.25, -0.2) is 0 Å². The van der Waals surface area contributed by atoms with Gasteiger partial charge in [0.25, 0.3) is 5.91 Å². The van der Waals surface area contributed by atoms with E-state index in [1.54, 1.807) is 22.7 Å². The SMILES string of the molecule is Cc1c(C(=O)NCCc2cccs2)sc2ccccc12. The van der Waals surface area contributed by atoms with Crippen LogP contribution in [0.2, 0.25) is 0 Å². The highest BCUT2D eigenvalue weighted by Crippen LogP contribution is 2.30. The first-order valence-corrected chi connectivity index (χ1v) is 8.24. The third-order valence-corrected chi connectivity index (χ3v) is 5.49. The van der Waals surface area contributed by atoms with Crippen molar-refractivity contribution in [3.8, 4) is 0 Å². The molecule has 0 aliphatic rings. The molecule has 0 saturated heterocycles. The molecule has 0 saturated carbocycles. The maximum atomic E-state index is 12.3. The first kappa shape index (κ1) is 13.3. The molecule has 3 rings (SSSR count). The summed E-state index contributed by atoms with van der Waals surface area (Å²) in [6.07, 6.45) is 0.896. The van der Waals surface area contributed by atoms with Crippen molar-refractivity contribution in [1.29, 1.82) is 0 Å². The molecular formula is C16H15NOS2. The summed E-state index contributed by atoms with van der Waals surface area (Å²) in [7, 11) is 0. The fourth-order valence-electron chi connectivity index (χ4n) is 2.23. The Morgan fingerprint density at radius 3 is 2.80 bits per heavy atom. The molecule has 0 bridgehead atoms. The molecule has 1 aromatic carbocycles. The summed E-state index contributed by atoms with van der Waals surface area (Å²) in [5, 5.41) is 6.26. The quantitative estimate of drug-likeness (QED) is 0.767. The summed E-state index contributed by atoms with van der Waals surface area (Å²) in [5.74, 6) is 0.0419. The fraction of sp³-hybridized carbons (Fsp3) is 0.188. The van der Waals surface area contributed by atoms with Crippen molar-refractivity contribution < 1.29 is 4.79 Å². The minimum Gasteiger partial charge on any atom is -0.351 e. The average Bonchev–Trinajstić information content (AvgIpc) is 3.08. The first-order valence-electron chi connectivity index (χ1n) is 6.54. The maximum Gasteiger partial charge on any atom is 0.261 e. The number of nitrogens with one attached hydrogen (secondary N) is 1. The number of fused-ring (bicyclic) bond motifs is 1. The van der Waals surface area contributed by atoms with Gasteiger partial charge in [0.15, 0.2) is 0 Å². The van der Waals surface area contributed by atoms with Crippen molar-refractivity contribution in [3.05, 3.63) is 57.1 Å². The van der Waals surface area contributed by atoms with Gasteiger partial charge in [-0.1, -0.05) is 24.3 Å². The van der Waals surface area contributed by atoms with Crippen LogP contribution in [0.3, 0.4) is 0 Å². The second-order valence-corrected chi connectivity index (χ2v) is 6.72. The van der Waals surface area contributed by atoms with Gasteiger partial charge in [0, 0.05) is 16.1 Å². The molecule has 0 unspecified atom stereocenters. The Hall–Kier alpha value is -1.65. The van der Waals surface area contributed by atoms with Crippen molar-refractivity contribution in [2.45, 2.75) is 13.3 Å². The summed E-state index contributed by atoms with van der Waals surface area (Å²) in [6, 6.07) is 12.3. The molecule has 0 atom stereocenters. The van der Waals surface area contributed by atoms with Crippen LogP contribution in [-0.2, 0) is 6.42 Å². The molecule has 2 aromatic heterocycles. The van der Waals surface area contributed by atoms with Crippen LogP contribution in [0.5, 0.6) is 0 Å². The topological polar surface area (TPSA) is 29.1 Å². The van der Waals surface area contributed by atoms with Crippen LogP contribution in [0, 0.1) is 6.92 Å². The summed E-state index contributed by atoms with van der Waals surface area (Å²) in [4.78, 5) is 14.4. The molecule has 1 N–H and O–H groups in total. The molecule has 3 aromatic rings. The van der Waals surface area contributed by atoms with Crippen LogP contribution >= 0.6 is 22.7 Å². The molecule has 1 amide bonds. The van der Waals surface area contributed by atoms with E-state index in [0.717, 1.165) is 16.9 Å². The van der Waals surface area contributed by atoms with Gasteiger partial charge in [0.2, 0.25) is 0 Å². The van der Waals surface area contributed by atoms with Gasteiger partial charge in [-0.15, -0.1) is 22.7 Å². The number of hydrogen-bond donors (Lipinski definition) is 1. The Balaban J connectivity index is 1.71. The van der Waals surface area contributed by atoms with Crippen LogP contribution in [-0.4, -0.2) is 12.5 Å². The second kappa shape index (κ2) is 5.77. The predicted octanol–water partition coefficient (Wildman–Crippen LogP) is 4.24. The highest BCUT2D eigenvalue weighted by atomic mass is 32.1. The smallest absolute Gasteiger partial charge is 0.261 e. The molecule has 0 aliphatic heterocycles. The summed E-state index contributed by atoms with van der Waals surface area (Å²) in [6.45, 7) is 2.71. The standard InChI is InChI=1S/C16H15NOS2/c1-11-13-6-2-3-7-14(13)20-15(11)16(18)17-9-8-12-5-4-10-19-12/h2-7,10H,8-9H2,1H3,(H,17,18). The summed E-state index contributed by atoms with van der Waals surface area (Å²) in [5.41, 5.74) is 1.08. The number of aryl methyl sites for hydroxylation is 1. The maximum absolute atomic E-state index is 12.3. The number of rotatable bonds is 4. The van der Waals surface area contributed by atoms with Gasteiger partial charge in [-0.3, -0.25) is 4.79 Å². The van der Waals surface area contributed by atoms with Crippen LogP contribution in [0.4, 0.5) is 0 Å². The summed E-state index contributed by atoms with van der Waals surface area (Å²) < 4.78 is 1.17. The van der Waals surface area contributed by atoms with E-state index in [0.29, 0.717) is 6.54 Å². The third-order valence-electron chi connectivity index (χ3n) is 3.29. The number of carbonyl (C=O) groups is 1. The Morgan fingerprint density at radius 2 is 2.05 bits per heavy atom. The number of carbonyl (C=O) groups excluding carboxylic acids is 1. The van der Waals surface area contributed by atoms with Gasteiger partial charge in [-0.2, -0.15) is 0 Å². The lowest BCUT2D eigenvalue weighted by Crippen LogP contribution is -2.25. The zero-order chi connectivity index (χ0) is 13.9. The van der Waals surface area contributed by atoms with Crippen molar-refractivity contribution in [2.75, 3.05) is 6.54 Å². The van der Waals surface area contributed by atoms with Gasteiger partial charge in [-0.05, 0) is 41.8 Å². The number of hydrogen-bond acceptors (Lipinski definition) is 3. The number of benzene rings is 1. The Kier molecular flexibility index (Phi) is 3.85. The lowest BCUT2D eigenvalue weighted by atomic mass is 10.1. The van der Waals surface area contributed by atoms with E-state index in [-0.39, 0.29) is 5.91 Å². The van der Waals surface area contributed by atoms with E-state index in [4.69, 9.17) is 0 Å². The molecule has 0 fully saturated rings. The van der Waals surface area contributed by atoms with Gasteiger partial charge in [0.05, 0.1) is 4.88 Å². The van der Waals surface area contributed by atoms with E-state index < -0.39 is 0 Å². The van der Waals surface area contributed by atoms with Crippen molar-refractivity contribution in [1.82, 2.24) is 5.32 Å². The zero-order valence-electron chi connectivity index (χ0n) is 11.2. The molecule has 2 heterocycles. The number of amides is 1. The van der Waals surface area contributed by atoms with Crippen LogP contribution in [0.15, 0.2) is 41.8 Å². The van der Waals surface area contributed by atoms with E-state index in [1.165, 1.54) is 15.0 Å². The van der Waals surface area contributed by atoms with Crippen molar-refractivity contribution in [2.24, 2.45) is 0 Å². The molecule has 102 valence electrons. The lowest BCUT2D eigenvalue weighted by molar-refractivity contribution is 0.0958. The van der Waals surface area contributed by atoms with Gasteiger partial charge in [0.1, 0.15) is 0 Å². The van der Waals surface area contributed by atoms with Crippen molar-refractivity contribution >= 4 is 38.7 Å². The summed E-state index contributed by atoms with van der Waals surface area (Å²) >= 11 is 3.30. The minimum atomic E-state index is 0.0419. The highest BCUT2D eigenvalue weighted by molar-refractivity contribution is 7.21. The zero-order valence-corrected chi connectivity index (χ0v) is 12.8.